The second-order valence-electron chi connectivity index (χ2n) is 3.65. The van der Waals surface area contributed by atoms with Crippen LogP contribution >= 0.6 is 11.6 Å². The molecule has 3 N–H and O–H groups in total. The van der Waals surface area contributed by atoms with Crippen LogP contribution in [0.3, 0.4) is 0 Å². The quantitative estimate of drug-likeness (QED) is 0.818. The molecule has 0 radical (unpaired) electrons. The third-order valence-corrected chi connectivity index (χ3v) is 2.40. The molecule has 0 bridgehead atoms. The van der Waals surface area contributed by atoms with Crippen LogP contribution in [0.2, 0.25) is 5.02 Å². The molecule has 0 amide bonds. The topological polar surface area (TPSA) is 72.0 Å². The summed E-state index contributed by atoms with van der Waals surface area (Å²) in [6, 6.07) is 3.62. The fourth-order valence-corrected chi connectivity index (χ4v) is 1.83. The summed E-state index contributed by atoms with van der Waals surface area (Å²) in [4.78, 5) is 13.5. The highest BCUT2D eigenvalue weighted by Crippen LogP contribution is 2.23. The van der Waals surface area contributed by atoms with Gasteiger partial charge in [0.15, 0.2) is 5.58 Å². The molecular formula is C10H11ClN2O2. The number of halogens is 1. The predicted molar refractivity (Wildman–Crippen MR) is 59.2 cm³/mol. The standard InChI is InChI=1S/C10H11ClN2O2/c1-5(12)2-6-3-7(11)9-8(4-6)15-10(14)13-9/h3-5H,2,12H2,1H3,(H,13,14). The third kappa shape index (κ3) is 2.06. The first-order valence-corrected chi connectivity index (χ1v) is 5.01. The van der Waals surface area contributed by atoms with Crippen LogP contribution in [-0.4, -0.2) is 11.0 Å². The summed E-state index contributed by atoms with van der Waals surface area (Å²) in [5.41, 5.74) is 7.66. The van der Waals surface area contributed by atoms with Crippen molar-refractivity contribution in [3.05, 3.63) is 33.3 Å². The van der Waals surface area contributed by atoms with Gasteiger partial charge in [-0.15, -0.1) is 0 Å². The van der Waals surface area contributed by atoms with Gasteiger partial charge in [0, 0.05) is 6.04 Å². The molecule has 1 aromatic heterocycles. The van der Waals surface area contributed by atoms with E-state index in [0.717, 1.165) is 5.56 Å². The lowest BCUT2D eigenvalue weighted by atomic mass is 10.1. The first-order valence-electron chi connectivity index (χ1n) is 4.63. The Kier molecular flexibility index (Phi) is 2.54. The van der Waals surface area contributed by atoms with Crippen molar-refractivity contribution in [2.45, 2.75) is 19.4 Å². The summed E-state index contributed by atoms with van der Waals surface area (Å²) >= 11 is 5.99. The molecule has 1 heterocycles. The first kappa shape index (κ1) is 10.3. The van der Waals surface area contributed by atoms with Gasteiger partial charge in [0.1, 0.15) is 5.52 Å². The average Bonchev–Trinajstić information content (AvgIpc) is 2.44. The van der Waals surface area contributed by atoms with Crippen molar-refractivity contribution in [1.29, 1.82) is 0 Å². The Bertz CT molecular complexity index is 542. The maximum absolute atomic E-state index is 11.0. The summed E-state index contributed by atoms with van der Waals surface area (Å²) in [7, 11) is 0. The molecule has 0 aliphatic heterocycles. The number of aromatic amines is 1. The van der Waals surface area contributed by atoms with E-state index in [4.69, 9.17) is 21.8 Å². The number of hydrogen-bond acceptors (Lipinski definition) is 3. The highest BCUT2D eigenvalue weighted by molar-refractivity contribution is 6.34. The second-order valence-corrected chi connectivity index (χ2v) is 4.05. The molecule has 2 aromatic rings. The van der Waals surface area contributed by atoms with E-state index in [-0.39, 0.29) is 6.04 Å². The summed E-state index contributed by atoms with van der Waals surface area (Å²) in [6.45, 7) is 1.91. The van der Waals surface area contributed by atoms with Gasteiger partial charge in [-0.3, -0.25) is 4.98 Å². The van der Waals surface area contributed by atoms with E-state index in [2.05, 4.69) is 4.98 Å². The van der Waals surface area contributed by atoms with Crippen LogP contribution in [-0.2, 0) is 6.42 Å². The predicted octanol–water partition coefficient (Wildman–Crippen LogP) is 1.66. The Morgan fingerprint density at radius 2 is 2.33 bits per heavy atom. The van der Waals surface area contributed by atoms with E-state index < -0.39 is 5.76 Å². The van der Waals surface area contributed by atoms with E-state index in [1.54, 1.807) is 12.1 Å². The Morgan fingerprint density at radius 3 is 3.00 bits per heavy atom. The lowest BCUT2D eigenvalue weighted by Crippen LogP contribution is -2.17. The summed E-state index contributed by atoms with van der Waals surface area (Å²) in [5.74, 6) is -0.496. The van der Waals surface area contributed by atoms with E-state index in [1.807, 2.05) is 6.92 Å². The van der Waals surface area contributed by atoms with E-state index in [0.29, 0.717) is 22.5 Å². The number of nitrogens with two attached hydrogens (primary N) is 1. The van der Waals surface area contributed by atoms with Crippen LogP contribution < -0.4 is 11.5 Å². The summed E-state index contributed by atoms with van der Waals surface area (Å²) < 4.78 is 4.93. The van der Waals surface area contributed by atoms with E-state index in [1.165, 1.54) is 0 Å². The molecule has 0 saturated carbocycles. The minimum atomic E-state index is -0.496. The molecule has 0 aliphatic rings. The number of nitrogens with one attached hydrogen (secondary N) is 1. The Balaban J connectivity index is 2.56. The van der Waals surface area contributed by atoms with Crippen LogP contribution in [0, 0.1) is 0 Å². The van der Waals surface area contributed by atoms with Crippen molar-refractivity contribution in [2.24, 2.45) is 5.73 Å². The number of fused-ring (bicyclic) bond motifs is 1. The fraction of sp³-hybridized carbons (Fsp3) is 0.300. The normalized spacial score (nSPS) is 13.3. The monoisotopic (exact) mass is 226 g/mol. The fourth-order valence-electron chi connectivity index (χ4n) is 1.55. The Labute approximate surface area is 91.0 Å². The largest absolute Gasteiger partial charge is 0.417 e. The van der Waals surface area contributed by atoms with Gasteiger partial charge in [-0.2, -0.15) is 0 Å². The molecule has 15 heavy (non-hydrogen) atoms. The van der Waals surface area contributed by atoms with Crippen molar-refractivity contribution < 1.29 is 4.42 Å². The van der Waals surface area contributed by atoms with Crippen LogP contribution in [0.4, 0.5) is 0 Å². The minimum absolute atomic E-state index is 0.0455. The third-order valence-electron chi connectivity index (χ3n) is 2.10. The van der Waals surface area contributed by atoms with Gasteiger partial charge in [0.05, 0.1) is 5.02 Å². The SMILES string of the molecule is CC(N)Cc1cc(Cl)c2[nH]c(=O)oc2c1. The van der Waals surface area contributed by atoms with Gasteiger partial charge < -0.3 is 10.2 Å². The number of rotatable bonds is 2. The van der Waals surface area contributed by atoms with Gasteiger partial charge in [0.2, 0.25) is 0 Å². The first-order chi connectivity index (χ1) is 7.06. The van der Waals surface area contributed by atoms with Gasteiger partial charge in [0.25, 0.3) is 0 Å². The lowest BCUT2D eigenvalue weighted by molar-refractivity contribution is 0.555. The molecule has 0 saturated heterocycles. The molecule has 80 valence electrons. The molecule has 5 heteroatoms. The van der Waals surface area contributed by atoms with Crippen molar-refractivity contribution in [2.75, 3.05) is 0 Å². The summed E-state index contributed by atoms with van der Waals surface area (Å²) in [6.07, 6.45) is 0.699. The number of hydrogen-bond donors (Lipinski definition) is 2. The smallest absolute Gasteiger partial charge is 0.408 e. The van der Waals surface area contributed by atoms with Crippen molar-refractivity contribution in [1.82, 2.24) is 4.98 Å². The molecular weight excluding hydrogens is 216 g/mol. The van der Waals surface area contributed by atoms with Crippen molar-refractivity contribution >= 4 is 22.7 Å². The Morgan fingerprint density at radius 1 is 1.60 bits per heavy atom. The molecule has 1 atom stereocenters. The zero-order valence-corrected chi connectivity index (χ0v) is 8.97. The zero-order valence-electron chi connectivity index (χ0n) is 8.21. The zero-order chi connectivity index (χ0) is 11.0. The van der Waals surface area contributed by atoms with Crippen molar-refractivity contribution in [3.63, 3.8) is 0 Å². The minimum Gasteiger partial charge on any atom is -0.408 e. The molecule has 0 spiro atoms. The lowest BCUT2D eigenvalue weighted by Gasteiger charge is -2.05. The van der Waals surface area contributed by atoms with E-state index >= 15 is 0 Å². The van der Waals surface area contributed by atoms with Gasteiger partial charge >= 0.3 is 5.76 Å². The highest BCUT2D eigenvalue weighted by Gasteiger charge is 2.08. The van der Waals surface area contributed by atoms with Crippen LogP contribution in [0.1, 0.15) is 12.5 Å². The van der Waals surface area contributed by atoms with Crippen LogP contribution in [0.5, 0.6) is 0 Å². The molecule has 1 unspecified atom stereocenters. The van der Waals surface area contributed by atoms with E-state index in [9.17, 15) is 4.79 Å². The number of H-pyrrole nitrogens is 1. The number of benzene rings is 1. The van der Waals surface area contributed by atoms with Gasteiger partial charge in [-0.1, -0.05) is 11.6 Å². The molecule has 0 fully saturated rings. The van der Waals surface area contributed by atoms with Crippen molar-refractivity contribution in [3.8, 4) is 0 Å². The second kappa shape index (κ2) is 3.72. The number of oxazole rings is 1. The van der Waals surface area contributed by atoms with Gasteiger partial charge in [-0.05, 0) is 31.0 Å². The molecule has 1 aromatic carbocycles. The average molecular weight is 227 g/mol. The van der Waals surface area contributed by atoms with Crippen LogP contribution in [0.25, 0.3) is 11.1 Å². The van der Waals surface area contributed by atoms with Gasteiger partial charge in [-0.25, -0.2) is 4.79 Å². The molecule has 2 rings (SSSR count). The maximum atomic E-state index is 11.0. The Hall–Kier alpha value is -1.26. The summed E-state index contributed by atoms with van der Waals surface area (Å²) in [5, 5.41) is 0.481. The maximum Gasteiger partial charge on any atom is 0.417 e. The molecule has 4 nitrogen and oxygen atoms in total. The highest BCUT2D eigenvalue weighted by atomic mass is 35.5. The molecule has 0 aliphatic carbocycles. The van der Waals surface area contributed by atoms with Crippen LogP contribution in [0.15, 0.2) is 21.3 Å². The number of aromatic nitrogens is 1.